The van der Waals surface area contributed by atoms with Gasteiger partial charge in [-0.25, -0.2) is 0 Å². The molecule has 0 radical (unpaired) electrons. The Balaban J connectivity index is 2.13. The Hall–Kier alpha value is -0.870. The molecule has 1 N–H and O–H groups in total. The van der Waals surface area contributed by atoms with E-state index in [0.717, 1.165) is 32.2 Å². The van der Waals surface area contributed by atoms with Crippen LogP contribution < -0.4 is 0 Å². The molecule has 1 aliphatic carbocycles. The van der Waals surface area contributed by atoms with Crippen LogP contribution in [0, 0.1) is 6.92 Å². The van der Waals surface area contributed by atoms with E-state index in [1.165, 1.54) is 16.9 Å². The molecule has 0 aromatic carbocycles. The number of nitrogens with zero attached hydrogens (tertiary/aromatic N) is 1. The molecular formula is C15H23NO2S. The maximum atomic E-state index is 11.2. The molecule has 0 aliphatic heterocycles. The van der Waals surface area contributed by atoms with Crippen LogP contribution in [-0.4, -0.2) is 28.6 Å². The molecule has 4 heteroatoms. The van der Waals surface area contributed by atoms with E-state index in [2.05, 4.69) is 30.3 Å². The van der Waals surface area contributed by atoms with Crippen LogP contribution >= 0.6 is 11.3 Å². The van der Waals surface area contributed by atoms with Crippen molar-refractivity contribution in [1.82, 2.24) is 4.90 Å². The minimum absolute atomic E-state index is 0.138. The van der Waals surface area contributed by atoms with Gasteiger partial charge in [-0.15, -0.1) is 11.3 Å². The lowest BCUT2D eigenvalue weighted by Gasteiger charge is -2.44. The van der Waals surface area contributed by atoms with Crippen LogP contribution in [-0.2, 0) is 11.3 Å². The molecule has 2 rings (SSSR count). The molecular weight excluding hydrogens is 258 g/mol. The van der Waals surface area contributed by atoms with Crippen molar-refractivity contribution >= 4 is 17.3 Å². The van der Waals surface area contributed by atoms with Gasteiger partial charge in [0.1, 0.15) is 0 Å². The average Bonchev–Trinajstić information content (AvgIpc) is 2.75. The molecule has 0 amide bonds. The number of carboxylic acids is 1. The zero-order valence-corrected chi connectivity index (χ0v) is 12.6. The predicted octanol–water partition coefficient (Wildman–Crippen LogP) is 3.67. The van der Waals surface area contributed by atoms with Crippen molar-refractivity contribution in [2.75, 3.05) is 7.05 Å². The number of hydrogen-bond acceptors (Lipinski definition) is 3. The van der Waals surface area contributed by atoms with Crippen molar-refractivity contribution in [3.63, 3.8) is 0 Å². The number of aliphatic carboxylic acids is 1. The highest BCUT2D eigenvalue weighted by atomic mass is 32.1. The molecule has 106 valence electrons. The van der Waals surface area contributed by atoms with Gasteiger partial charge < -0.3 is 5.11 Å². The molecule has 0 saturated heterocycles. The zero-order chi connectivity index (χ0) is 13.9. The molecule has 0 bridgehead atoms. The highest BCUT2D eigenvalue weighted by molar-refractivity contribution is 7.10. The van der Waals surface area contributed by atoms with Crippen molar-refractivity contribution in [2.24, 2.45) is 0 Å². The van der Waals surface area contributed by atoms with Crippen LogP contribution in [0.25, 0.3) is 0 Å². The zero-order valence-electron chi connectivity index (χ0n) is 11.8. The summed E-state index contributed by atoms with van der Waals surface area (Å²) in [5, 5.41) is 11.4. The maximum absolute atomic E-state index is 11.2. The summed E-state index contributed by atoms with van der Waals surface area (Å²) in [7, 11) is 2.09. The van der Waals surface area contributed by atoms with Gasteiger partial charge in [-0.05, 0) is 43.8 Å². The molecule has 1 aromatic heterocycles. The summed E-state index contributed by atoms with van der Waals surface area (Å²) >= 11 is 1.77. The lowest BCUT2D eigenvalue weighted by molar-refractivity contribution is -0.141. The third-order valence-corrected chi connectivity index (χ3v) is 5.43. The molecule has 1 aromatic rings. The second kappa shape index (κ2) is 6.06. The first kappa shape index (κ1) is 14.5. The van der Waals surface area contributed by atoms with Crippen LogP contribution in [0.1, 0.15) is 49.0 Å². The first-order valence-corrected chi connectivity index (χ1v) is 7.87. The fourth-order valence-electron chi connectivity index (χ4n) is 3.13. The minimum atomic E-state index is -0.670. The number of thiophene rings is 1. The Morgan fingerprint density at radius 2 is 2.11 bits per heavy atom. The van der Waals surface area contributed by atoms with E-state index < -0.39 is 5.97 Å². The third kappa shape index (κ3) is 3.37. The van der Waals surface area contributed by atoms with Crippen LogP contribution in [0.5, 0.6) is 0 Å². The molecule has 1 saturated carbocycles. The molecule has 1 heterocycles. The van der Waals surface area contributed by atoms with E-state index in [0.29, 0.717) is 0 Å². The number of hydrogen-bond donors (Lipinski definition) is 1. The number of carboxylic acid groups (broad SMARTS) is 1. The first-order valence-electron chi connectivity index (χ1n) is 6.99. The fourth-order valence-corrected chi connectivity index (χ4v) is 4.09. The standard InChI is InChI=1S/C15H23NO2S/c1-12-6-9-19-13(12)11-16(2)15(10-14(17)18)7-4-3-5-8-15/h6,9H,3-5,7-8,10-11H2,1-2H3,(H,17,18). The van der Waals surface area contributed by atoms with Gasteiger partial charge in [0.25, 0.3) is 0 Å². The van der Waals surface area contributed by atoms with E-state index in [1.807, 2.05) is 0 Å². The SMILES string of the molecule is Cc1ccsc1CN(C)C1(CC(=O)O)CCCCC1. The molecule has 3 nitrogen and oxygen atoms in total. The Morgan fingerprint density at radius 1 is 1.42 bits per heavy atom. The Morgan fingerprint density at radius 3 is 2.63 bits per heavy atom. The van der Waals surface area contributed by atoms with E-state index in [9.17, 15) is 9.90 Å². The lowest BCUT2D eigenvalue weighted by Crippen LogP contribution is -2.48. The monoisotopic (exact) mass is 281 g/mol. The molecule has 1 aliphatic rings. The van der Waals surface area contributed by atoms with E-state index in [4.69, 9.17) is 0 Å². The summed E-state index contributed by atoms with van der Waals surface area (Å²) in [5.74, 6) is -0.670. The Labute approximate surface area is 119 Å². The van der Waals surface area contributed by atoms with E-state index in [-0.39, 0.29) is 12.0 Å². The van der Waals surface area contributed by atoms with Gasteiger partial charge >= 0.3 is 5.97 Å². The number of rotatable bonds is 5. The minimum Gasteiger partial charge on any atom is -0.481 e. The van der Waals surface area contributed by atoms with Crippen molar-refractivity contribution in [3.05, 3.63) is 21.9 Å². The summed E-state index contributed by atoms with van der Waals surface area (Å²) in [6, 6.07) is 2.14. The van der Waals surface area contributed by atoms with Crippen LogP contribution in [0.15, 0.2) is 11.4 Å². The second-order valence-electron chi connectivity index (χ2n) is 5.74. The molecule has 19 heavy (non-hydrogen) atoms. The van der Waals surface area contributed by atoms with Gasteiger partial charge in [-0.1, -0.05) is 19.3 Å². The van der Waals surface area contributed by atoms with Crippen molar-refractivity contribution in [3.8, 4) is 0 Å². The predicted molar refractivity (Wildman–Crippen MR) is 78.6 cm³/mol. The topological polar surface area (TPSA) is 40.5 Å². The third-order valence-electron chi connectivity index (χ3n) is 4.42. The second-order valence-corrected chi connectivity index (χ2v) is 6.74. The quantitative estimate of drug-likeness (QED) is 0.895. The molecule has 0 atom stereocenters. The fraction of sp³-hybridized carbons (Fsp3) is 0.667. The highest BCUT2D eigenvalue weighted by Crippen LogP contribution is 2.37. The van der Waals surface area contributed by atoms with Gasteiger partial charge in [0, 0.05) is 17.0 Å². The Kier molecular flexibility index (Phi) is 4.63. The number of carbonyl (C=O) groups is 1. The molecule has 0 spiro atoms. The summed E-state index contributed by atoms with van der Waals surface area (Å²) < 4.78 is 0. The lowest BCUT2D eigenvalue weighted by atomic mass is 9.78. The van der Waals surface area contributed by atoms with Gasteiger partial charge in [-0.3, -0.25) is 9.69 Å². The highest BCUT2D eigenvalue weighted by Gasteiger charge is 2.38. The van der Waals surface area contributed by atoms with Crippen molar-refractivity contribution < 1.29 is 9.90 Å². The number of aryl methyl sites for hydroxylation is 1. The van der Waals surface area contributed by atoms with Crippen LogP contribution in [0.4, 0.5) is 0 Å². The van der Waals surface area contributed by atoms with Gasteiger partial charge in [-0.2, -0.15) is 0 Å². The summed E-state index contributed by atoms with van der Waals surface area (Å²) in [6.07, 6.45) is 5.85. The summed E-state index contributed by atoms with van der Waals surface area (Å²) in [6.45, 7) is 3.00. The normalized spacial score (nSPS) is 18.7. The maximum Gasteiger partial charge on any atom is 0.305 e. The Bertz CT molecular complexity index is 435. The van der Waals surface area contributed by atoms with Crippen LogP contribution in [0.2, 0.25) is 0 Å². The summed E-state index contributed by atoms with van der Waals surface area (Å²) in [5.41, 5.74) is 1.18. The largest absolute Gasteiger partial charge is 0.481 e. The van der Waals surface area contributed by atoms with E-state index >= 15 is 0 Å². The smallest absolute Gasteiger partial charge is 0.305 e. The van der Waals surface area contributed by atoms with Gasteiger partial charge in [0.05, 0.1) is 6.42 Å². The summed E-state index contributed by atoms with van der Waals surface area (Å²) in [4.78, 5) is 14.9. The van der Waals surface area contributed by atoms with Gasteiger partial charge in [0.2, 0.25) is 0 Å². The molecule has 1 fully saturated rings. The average molecular weight is 281 g/mol. The van der Waals surface area contributed by atoms with Crippen molar-refractivity contribution in [1.29, 1.82) is 0 Å². The van der Waals surface area contributed by atoms with E-state index in [1.54, 1.807) is 11.3 Å². The van der Waals surface area contributed by atoms with Crippen LogP contribution in [0.3, 0.4) is 0 Å². The van der Waals surface area contributed by atoms with Gasteiger partial charge in [0.15, 0.2) is 0 Å². The molecule has 0 unspecified atom stereocenters. The first-order chi connectivity index (χ1) is 9.03. The van der Waals surface area contributed by atoms with Crippen molar-refractivity contribution in [2.45, 2.75) is 57.5 Å².